The number of aromatic nitrogens is 1. The Labute approximate surface area is 109 Å². The zero-order valence-corrected chi connectivity index (χ0v) is 11.5. The van der Waals surface area contributed by atoms with Crippen molar-refractivity contribution < 1.29 is 0 Å². The van der Waals surface area contributed by atoms with Crippen LogP contribution in [-0.2, 0) is 5.75 Å². The molecule has 0 atom stereocenters. The molecule has 1 aromatic heterocycles. The molecule has 0 saturated heterocycles. The number of hydrazine groups is 1. The van der Waals surface area contributed by atoms with Gasteiger partial charge in [0.15, 0.2) is 5.13 Å². The molecule has 1 aromatic carbocycles. The molecule has 0 saturated carbocycles. The van der Waals surface area contributed by atoms with Gasteiger partial charge in [-0.05, 0) is 37.1 Å². The van der Waals surface area contributed by atoms with Gasteiger partial charge >= 0.3 is 0 Å². The number of nitrogen functional groups attached to an aromatic ring is 1. The summed E-state index contributed by atoms with van der Waals surface area (Å²) >= 11 is 3.41. The van der Waals surface area contributed by atoms with Crippen LogP contribution in [0, 0.1) is 13.8 Å². The summed E-state index contributed by atoms with van der Waals surface area (Å²) in [5.74, 6) is 6.23. The molecule has 0 amide bonds. The maximum absolute atomic E-state index is 5.30. The van der Waals surface area contributed by atoms with E-state index in [0.29, 0.717) is 0 Å². The van der Waals surface area contributed by atoms with Crippen molar-refractivity contribution in [3.05, 3.63) is 40.4 Å². The first-order chi connectivity index (χ1) is 8.19. The molecule has 1 heterocycles. The lowest BCUT2D eigenvalue weighted by atomic mass is 10.1. The molecule has 5 heteroatoms. The average molecular weight is 265 g/mol. The van der Waals surface area contributed by atoms with E-state index in [1.54, 1.807) is 11.3 Å². The Hall–Kier alpha value is -1.04. The highest BCUT2D eigenvalue weighted by atomic mass is 32.2. The lowest BCUT2D eigenvalue weighted by Gasteiger charge is -2.03. The Kier molecular flexibility index (Phi) is 4.04. The first-order valence-corrected chi connectivity index (χ1v) is 7.10. The van der Waals surface area contributed by atoms with Crippen molar-refractivity contribution in [1.29, 1.82) is 0 Å². The summed E-state index contributed by atoms with van der Waals surface area (Å²) in [5, 5.41) is 0.765. The van der Waals surface area contributed by atoms with Crippen LogP contribution in [0.1, 0.15) is 16.0 Å². The Morgan fingerprint density at radius 2 is 2.18 bits per heavy atom. The van der Waals surface area contributed by atoms with Crippen LogP contribution in [0.25, 0.3) is 0 Å². The fourth-order valence-corrected chi connectivity index (χ4v) is 3.14. The van der Waals surface area contributed by atoms with Crippen molar-refractivity contribution in [1.82, 2.24) is 4.98 Å². The molecule has 0 aliphatic rings. The summed E-state index contributed by atoms with van der Waals surface area (Å²) in [7, 11) is 0. The van der Waals surface area contributed by atoms with Crippen molar-refractivity contribution in [2.75, 3.05) is 5.43 Å². The Bertz CT molecular complexity index is 508. The molecule has 0 spiro atoms. The molecular formula is C12H15N3S2. The van der Waals surface area contributed by atoms with Gasteiger partial charge < -0.3 is 0 Å². The van der Waals surface area contributed by atoms with Gasteiger partial charge in [-0.2, -0.15) is 0 Å². The number of anilines is 1. The summed E-state index contributed by atoms with van der Waals surface area (Å²) in [4.78, 5) is 6.67. The van der Waals surface area contributed by atoms with Crippen LogP contribution in [0.4, 0.5) is 5.13 Å². The summed E-state index contributed by atoms with van der Waals surface area (Å²) in [6.45, 7) is 4.27. The topological polar surface area (TPSA) is 50.9 Å². The van der Waals surface area contributed by atoms with E-state index in [9.17, 15) is 0 Å². The third-order valence-corrected chi connectivity index (χ3v) is 4.69. The summed E-state index contributed by atoms with van der Waals surface area (Å²) in [6.07, 6.45) is 1.87. The molecule has 90 valence electrons. The summed E-state index contributed by atoms with van der Waals surface area (Å²) < 4.78 is 0. The minimum Gasteiger partial charge on any atom is -0.300 e. The second kappa shape index (κ2) is 5.53. The van der Waals surface area contributed by atoms with E-state index in [4.69, 9.17) is 5.84 Å². The third kappa shape index (κ3) is 3.21. The van der Waals surface area contributed by atoms with Gasteiger partial charge in [0.2, 0.25) is 0 Å². The number of nitrogens with one attached hydrogen (secondary N) is 1. The largest absolute Gasteiger partial charge is 0.300 e. The van der Waals surface area contributed by atoms with Crippen LogP contribution in [0.3, 0.4) is 0 Å². The molecule has 17 heavy (non-hydrogen) atoms. The second-order valence-corrected chi connectivity index (χ2v) is 5.97. The van der Waals surface area contributed by atoms with Crippen LogP contribution < -0.4 is 11.3 Å². The summed E-state index contributed by atoms with van der Waals surface area (Å²) in [5.41, 5.74) is 5.23. The van der Waals surface area contributed by atoms with E-state index >= 15 is 0 Å². The van der Waals surface area contributed by atoms with Gasteiger partial charge in [-0.25, -0.2) is 10.8 Å². The van der Waals surface area contributed by atoms with Crippen LogP contribution >= 0.6 is 23.1 Å². The number of nitrogens with two attached hydrogens (primary N) is 1. The number of thiazole rings is 1. The van der Waals surface area contributed by atoms with Crippen LogP contribution in [-0.4, -0.2) is 4.98 Å². The lowest BCUT2D eigenvalue weighted by molar-refractivity contribution is 1.27. The molecule has 2 aromatic rings. The van der Waals surface area contributed by atoms with Crippen LogP contribution in [0.2, 0.25) is 0 Å². The van der Waals surface area contributed by atoms with Crippen LogP contribution in [0.5, 0.6) is 0 Å². The zero-order valence-electron chi connectivity index (χ0n) is 9.86. The van der Waals surface area contributed by atoms with E-state index in [1.165, 1.54) is 20.9 Å². The molecule has 2 rings (SSSR count). The quantitative estimate of drug-likeness (QED) is 0.506. The van der Waals surface area contributed by atoms with E-state index in [2.05, 4.69) is 42.5 Å². The maximum Gasteiger partial charge on any atom is 0.197 e. The van der Waals surface area contributed by atoms with Gasteiger partial charge in [0, 0.05) is 21.7 Å². The van der Waals surface area contributed by atoms with Crippen molar-refractivity contribution in [3.8, 4) is 0 Å². The van der Waals surface area contributed by atoms with Gasteiger partial charge in [0.25, 0.3) is 0 Å². The fraction of sp³-hybridized carbons (Fsp3) is 0.250. The highest BCUT2D eigenvalue weighted by molar-refractivity contribution is 7.98. The Morgan fingerprint density at radius 1 is 1.35 bits per heavy atom. The summed E-state index contributed by atoms with van der Waals surface area (Å²) in [6, 6.07) is 6.55. The maximum atomic E-state index is 5.30. The van der Waals surface area contributed by atoms with Crippen molar-refractivity contribution in [2.24, 2.45) is 5.84 Å². The number of hydrogen-bond acceptors (Lipinski definition) is 5. The second-order valence-electron chi connectivity index (χ2n) is 3.81. The molecule has 0 aliphatic heterocycles. The van der Waals surface area contributed by atoms with Gasteiger partial charge in [0.05, 0.1) is 0 Å². The Balaban J connectivity index is 1.99. The fourth-order valence-electron chi connectivity index (χ4n) is 1.40. The standard InChI is InChI=1S/C12H15N3S2/c1-8-3-4-10(5-9(8)2)16-7-11-6-14-12(15-13)17-11/h3-6H,7,13H2,1-2H3,(H,14,15). The van der Waals surface area contributed by atoms with E-state index in [1.807, 2.05) is 18.0 Å². The van der Waals surface area contributed by atoms with Gasteiger partial charge in [-0.15, -0.1) is 23.1 Å². The molecule has 0 fully saturated rings. The zero-order chi connectivity index (χ0) is 12.3. The Morgan fingerprint density at radius 3 is 2.82 bits per heavy atom. The predicted octanol–water partition coefficient (Wildman–Crippen LogP) is 3.34. The van der Waals surface area contributed by atoms with E-state index < -0.39 is 0 Å². The van der Waals surface area contributed by atoms with Crippen molar-refractivity contribution in [3.63, 3.8) is 0 Å². The molecule has 3 N–H and O–H groups in total. The highest BCUT2D eigenvalue weighted by Gasteiger charge is 2.02. The molecule has 0 radical (unpaired) electrons. The number of rotatable bonds is 4. The smallest absolute Gasteiger partial charge is 0.197 e. The number of hydrogen-bond donors (Lipinski definition) is 2. The van der Waals surface area contributed by atoms with Crippen molar-refractivity contribution >= 4 is 28.2 Å². The number of aryl methyl sites for hydroxylation is 2. The van der Waals surface area contributed by atoms with Gasteiger partial charge in [-0.3, -0.25) is 5.43 Å². The normalized spacial score (nSPS) is 10.5. The molecular weight excluding hydrogens is 250 g/mol. The van der Waals surface area contributed by atoms with Gasteiger partial charge in [0.1, 0.15) is 0 Å². The number of benzene rings is 1. The van der Waals surface area contributed by atoms with Crippen LogP contribution in [0.15, 0.2) is 29.3 Å². The molecule has 0 aliphatic carbocycles. The van der Waals surface area contributed by atoms with Crippen molar-refractivity contribution in [2.45, 2.75) is 24.5 Å². The molecule has 0 bridgehead atoms. The van der Waals surface area contributed by atoms with Gasteiger partial charge in [-0.1, -0.05) is 6.07 Å². The number of thioether (sulfide) groups is 1. The predicted molar refractivity (Wildman–Crippen MR) is 75.4 cm³/mol. The average Bonchev–Trinajstić information content (AvgIpc) is 2.79. The first kappa shape index (κ1) is 12.4. The molecule has 3 nitrogen and oxygen atoms in total. The van der Waals surface area contributed by atoms with E-state index in [-0.39, 0.29) is 0 Å². The number of nitrogens with zero attached hydrogens (tertiary/aromatic N) is 1. The van der Waals surface area contributed by atoms with E-state index in [0.717, 1.165) is 10.9 Å². The minimum absolute atomic E-state index is 0.765. The SMILES string of the molecule is Cc1ccc(SCc2cnc(NN)s2)cc1C. The molecule has 0 unspecified atom stereocenters. The third-order valence-electron chi connectivity index (χ3n) is 2.54. The minimum atomic E-state index is 0.765. The first-order valence-electron chi connectivity index (χ1n) is 5.30. The highest BCUT2D eigenvalue weighted by Crippen LogP contribution is 2.28. The monoisotopic (exact) mass is 265 g/mol. The lowest BCUT2D eigenvalue weighted by Crippen LogP contribution is -2.05.